The van der Waals surface area contributed by atoms with Crippen molar-refractivity contribution in [2.75, 3.05) is 0 Å². The van der Waals surface area contributed by atoms with Crippen molar-refractivity contribution in [1.29, 1.82) is 0 Å². The summed E-state index contributed by atoms with van der Waals surface area (Å²) in [4.78, 5) is 0. The summed E-state index contributed by atoms with van der Waals surface area (Å²) < 4.78 is 0. The Hall–Kier alpha value is 0.103. The molecular formula is C8H14Zn. The number of allylic oxidation sites excluding steroid dienone is 2. The van der Waals surface area contributed by atoms with Crippen LogP contribution in [-0.4, -0.2) is 0 Å². The molecule has 0 aromatic rings. The molecule has 0 aromatic heterocycles. The molecule has 9 heavy (non-hydrogen) atoms. The van der Waals surface area contributed by atoms with Gasteiger partial charge in [0.25, 0.3) is 0 Å². The second-order valence-electron chi connectivity index (χ2n) is 1.15. The predicted molar refractivity (Wildman–Crippen MR) is 40.3 cm³/mol. The minimum atomic E-state index is 0. The molecule has 0 spiro atoms. The van der Waals surface area contributed by atoms with Crippen LogP contribution in [0.15, 0.2) is 25.3 Å². The molecule has 0 amide bonds. The van der Waals surface area contributed by atoms with Crippen molar-refractivity contribution in [3.05, 3.63) is 39.2 Å². The van der Waals surface area contributed by atoms with Crippen molar-refractivity contribution in [2.45, 2.75) is 12.8 Å². The molecule has 0 saturated heterocycles. The Morgan fingerprint density at radius 2 is 1.11 bits per heavy atom. The Morgan fingerprint density at radius 1 is 1.00 bits per heavy atom. The summed E-state index contributed by atoms with van der Waals surface area (Å²) in [6.45, 7) is 13.8. The van der Waals surface area contributed by atoms with E-state index in [2.05, 4.69) is 27.0 Å². The van der Waals surface area contributed by atoms with E-state index in [-0.39, 0.29) is 19.5 Å². The van der Waals surface area contributed by atoms with E-state index in [0.29, 0.717) is 0 Å². The molecule has 0 aliphatic rings. The molecule has 0 aromatic carbocycles. The van der Waals surface area contributed by atoms with E-state index >= 15 is 0 Å². The van der Waals surface area contributed by atoms with Gasteiger partial charge in [-0.2, -0.15) is 12.8 Å². The normalized spacial score (nSPS) is 5.56. The van der Waals surface area contributed by atoms with Crippen molar-refractivity contribution in [1.82, 2.24) is 0 Å². The van der Waals surface area contributed by atoms with Crippen LogP contribution in [0.3, 0.4) is 0 Å². The maximum Gasteiger partial charge on any atom is 2.00 e. The Kier molecular flexibility index (Phi) is 43.3. The number of rotatable bonds is 2. The first kappa shape index (κ1) is 16.0. The largest absolute Gasteiger partial charge is 2.00 e. The fourth-order valence-corrected chi connectivity index (χ4v) is 0. The van der Waals surface area contributed by atoms with Crippen molar-refractivity contribution in [3.63, 3.8) is 0 Å². The van der Waals surface area contributed by atoms with Crippen LogP contribution in [0, 0.1) is 13.8 Å². The molecule has 0 N–H and O–H groups in total. The molecule has 0 fully saturated rings. The number of hydrogen-bond donors (Lipinski definition) is 0. The standard InChI is InChI=1S/2C4H7.Zn/c2*1-3-4-2;/h2*3H,1-2,4H2;/q2*-1;+2. The fourth-order valence-electron chi connectivity index (χ4n) is 0. The van der Waals surface area contributed by atoms with Crippen molar-refractivity contribution < 1.29 is 19.5 Å². The van der Waals surface area contributed by atoms with Gasteiger partial charge < -0.3 is 13.8 Å². The first-order valence-electron chi connectivity index (χ1n) is 2.63. The van der Waals surface area contributed by atoms with Gasteiger partial charge in [0.15, 0.2) is 0 Å². The molecular weight excluding hydrogens is 161 g/mol. The average Bonchev–Trinajstić information content (AvgIpc) is 1.88. The summed E-state index contributed by atoms with van der Waals surface area (Å²) in [5.74, 6) is 0. The first-order chi connectivity index (χ1) is 3.83. The molecule has 0 nitrogen and oxygen atoms in total. The van der Waals surface area contributed by atoms with Crippen LogP contribution >= 0.6 is 0 Å². The van der Waals surface area contributed by atoms with Gasteiger partial charge in [-0.1, -0.05) is 0 Å². The van der Waals surface area contributed by atoms with Gasteiger partial charge in [0.2, 0.25) is 0 Å². The molecule has 0 atom stereocenters. The van der Waals surface area contributed by atoms with Crippen LogP contribution in [0.5, 0.6) is 0 Å². The maximum absolute atomic E-state index is 3.49. The van der Waals surface area contributed by atoms with Gasteiger partial charge in [0, 0.05) is 0 Å². The van der Waals surface area contributed by atoms with E-state index in [0.717, 1.165) is 12.8 Å². The van der Waals surface area contributed by atoms with Crippen molar-refractivity contribution >= 4 is 0 Å². The van der Waals surface area contributed by atoms with Crippen molar-refractivity contribution in [3.8, 4) is 0 Å². The molecule has 0 aliphatic carbocycles. The summed E-state index contributed by atoms with van der Waals surface area (Å²) in [6, 6.07) is 0. The van der Waals surface area contributed by atoms with Gasteiger partial charge in [-0.25, -0.2) is 0 Å². The fraction of sp³-hybridized carbons (Fsp3) is 0.250. The smallest absolute Gasteiger partial charge is 0.340 e. The average molecular weight is 176 g/mol. The van der Waals surface area contributed by atoms with E-state index in [1.165, 1.54) is 0 Å². The molecule has 0 saturated carbocycles. The Balaban J connectivity index is -0.0000000720. The van der Waals surface area contributed by atoms with Crippen LogP contribution < -0.4 is 0 Å². The predicted octanol–water partition coefficient (Wildman–Crippen LogP) is 2.79. The quantitative estimate of drug-likeness (QED) is 0.344. The van der Waals surface area contributed by atoms with Crippen LogP contribution in [-0.2, 0) is 19.5 Å². The topological polar surface area (TPSA) is 0 Å². The summed E-state index contributed by atoms with van der Waals surface area (Å²) in [5.41, 5.74) is 0. The molecule has 48 valence electrons. The minimum Gasteiger partial charge on any atom is -0.340 e. The summed E-state index contributed by atoms with van der Waals surface area (Å²) in [6.07, 6.45) is 5.19. The van der Waals surface area contributed by atoms with Gasteiger partial charge >= 0.3 is 19.5 Å². The van der Waals surface area contributed by atoms with Crippen LogP contribution in [0.1, 0.15) is 12.8 Å². The maximum atomic E-state index is 3.49. The summed E-state index contributed by atoms with van der Waals surface area (Å²) in [5, 5.41) is 0. The molecule has 0 heterocycles. The zero-order valence-electron chi connectivity index (χ0n) is 6.10. The first-order valence-corrected chi connectivity index (χ1v) is 2.63. The monoisotopic (exact) mass is 174 g/mol. The molecule has 0 rings (SSSR count). The van der Waals surface area contributed by atoms with E-state index in [9.17, 15) is 0 Å². The van der Waals surface area contributed by atoms with Crippen LogP contribution in [0.2, 0.25) is 0 Å². The molecule has 0 radical (unpaired) electrons. The van der Waals surface area contributed by atoms with Gasteiger partial charge in [-0.3, -0.25) is 0 Å². The SMILES string of the molecule is C=CC[CH2-].C=CC[CH2-].[Zn+2]. The zero-order chi connectivity index (χ0) is 6.83. The van der Waals surface area contributed by atoms with Crippen LogP contribution in [0.4, 0.5) is 0 Å². The summed E-state index contributed by atoms with van der Waals surface area (Å²) in [7, 11) is 0. The van der Waals surface area contributed by atoms with E-state index in [1.54, 1.807) is 12.2 Å². The van der Waals surface area contributed by atoms with E-state index in [1.807, 2.05) is 0 Å². The Labute approximate surface area is 71.8 Å². The van der Waals surface area contributed by atoms with Gasteiger partial charge in [0.1, 0.15) is 0 Å². The third kappa shape index (κ3) is 68.2. The minimum absolute atomic E-state index is 0. The van der Waals surface area contributed by atoms with Gasteiger partial charge in [-0.15, -0.1) is 25.3 Å². The number of hydrogen-bond acceptors (Lipinski definition) is 0. The zero-order valence-corrected chi connectivity index (χ0v) is 9.07. The second kappa shape index (κ2) is 24.3. The third-order valence-corrected chi connectivity index (χ3v) is 0.408. The third-order valence-electron chi connectivity index (χ3n) is 0.408. The summed E-state index contributed by atoms with van der Waals surface area (Å²) >= 11 is 0. The molecule has 0 unspecified atom stereocenters. The van der Waals surface area contributed by atoms with Gasteiger partial charge in [-0.05, 0) is 0 Å². The van der Waals surface area contributed by atoms with E-state index < -0.39 is 0 Å². The van der Waals surface area contributed by atoms with Gasteiger partial charge in [0.05, 0.1) is 0 Å². The molecule has 0 bridgehead atoms. The van der Waals surface area contributed by atoms with Crippen molar-refractivity contribution in [2.24, 2.45) is 0 Å². The van der Waals surface area contributed by atoms with Crippen LogP contribution in [0.25, 0.3) is 0 Å². The molecule has 1 heteroatoms. The Morgan fingerprint density at radius 3 is 1.11 bits per heavy atom. The molecule has 0 aliphatic heterocycles. The Bertz CT molecular complexity index is 40.5. The van der Waals surface area contributed by atoms with E-state index in [4.69, 9.17) is 0 Å². The second-order valence-corrected chi connectivity index (χ2v) is 1.15.